The number of unbranched alkanes of at least 4 members (excludes halogenated alkanes) is 1. The van der Waals surface area contributed by atoms with Gasteiger partial charge in [0.15, 0.2) is 0 Å². The second-order valence-electron chi connectivity index (χ2n) is 10.3. The summed E-state index contributed by atoms with van der Waals surface area (Å²) in [5.74, 6) is 1.30. The van der Waals surface area contributed by atoms with Crippen LogP contribution < -0.4 is 4.74 Å². The van der Waals surface area contributed by atoms with Crippen molar-refractivity contribution in [2.24, 2.45) is 5.92 Å². The Labute approximate surface area is 209 Å². The van der Waals surface area contributed by atoms with E-state index >= 15 is 0 Å². The molecule has 1 aliphatic rings. The molecule has 0 aromatic heterocycles. The molecule has 1 aliphatic heterocycles. The van der Waals surface area contributed by atoms with Crippen LogP contribution in [0.2, 0.25) is 0 Å². The second kappa shape index (κ2) is 10.2. The molecule has 0 radical (unpaired) electrons. The third-order valence-electron chi connectivity index (χ3n) is 7.68. The van der Waals surface area contributed by atoms with Gasteiger partial charge < -0.3 is 4.74 Å². The Morgan fingerprint density at radius 2 is 1.57 bits per heavy atom. The average molecular weight is 472 g/mol. The number of nitrogens with zero attached hydrogens (tertiary/aromatic N) is 1. The number of hydrogen-bond acceptors (Lipinski definition) is 3. The lowest BCUT2D eigenvalue weighted by molar-refractivity contribution is 0.0580. The fourth-order valence-electron chi connectivity index (χ4n) is 4.86. The van der Waals surface area contributed by atoms with Crippen molar-refractivity contribution in [2.45, 2.75) is 72.1 Å². The van der Waals surface area contributed by atoms with Crippen molar-refractivity contribution in [1.29, 1.82) is 0 Å². The number of benzene rings is 3. The van der Waals surface area contributed by atoms with Gasteiger partial charge in [0.1, 0.15) is 11.5 Å². The topological polar surface area (TPSA) is 46.6 Å². The van der Waals surface area contributed by atoms with Crippen LogP contribution in [0.3, 0.4) is 0 Å². The number of carbonyl (C=O) groups excluding carboxylic acids is 2. The summed E-state index contributed by atoms with van der Waals surface area (Å²) in [5, 5.41) is 1.49. The van der Waals surface area contributed by atoms with Crippen molar-refractivity contribution in [2.75, 3.05) is 6.54 Å². The fourth-order valence-corrected chi connectivity index (χ4v) is 4.86. The third-order valence-corrected chi connectivity index (χ3v) is 7.68. The molecule has 0 bridgehead atoms. The van der Waals surface area contributed by atoms with Crippen LogP contribution in [0.1, 0.15) is 93.0 Å². The number of rotatable bonds is 10. The number of carbonyl (C=O) groups is 2. The summed E-state index contributed by atoms with van der Waals surface area (Å²) in [4.78, 5) is 28.3. The Bertz CT molecular complexity index is 1200. The first kappa shape index (κ1) is 25.0. The Kier molecular flexibility index (Phi) is 7.30. The van der Waals surface area contributed by atoms with E-state index in [0.717, 1.165) is 43.2 Å². The predicted octanol–water partition coefficient (Wildman–Crippen LogP) is 8.13. The van der Waals surface area contributed by atoms with E-state index in [4.69, 9.17) is 4.74 Å². The molecule has 4 heteroatoms. The Morgan fingerprint density at radius 3 is 2.20 bits per heavy atom. The second-order valence-corrected chi connectivity index (χ2v) is 10.3. The molecule has 2 amide bonds. The van der Waals surface area contributed by atoms with Gasteiger partial charge in [-0.15, -0.1) is 0 Å². The van der Waals surface area contributed by atoms with Crippen LogP contribution in [0.5, 0.6) is 11.5 Å². The van der Waals surface area contributed by atoms with Gasteiger partial charge in [-0.05, 0) is 60.1 Å². The molecule has 184 valence electrons. The van der Waals surface area contributed by atoms with Crippen molar-refractivity contribution < 1.29 is 14.3 Å². The van der Waals surface area contributed by atoms with Crippen LogP contribution in [0.25, 0.3) is 10.8 Å². The first-order valence-electron chi connectivity index (χ1n) is 13.0. The molecule has 0 N–H and O–H groups in total. The predicted molar refractivity (Wildman–Crippen MR) is 142 cm³/mol. The molecular weight excluding hydrogens is 434 g/mol. The molecule has 3 aromatic carbocycles. The zero-order valence-electron chi connectivity index (χ0n) is 21.7. The summed E-state index contributed by atoms with van der Waals surface area (Å²) < 4.78 is 6.26. The molecule has 0 saturated heterocycles. The molecule has 0 fully saturated rings. The molecule has 0 spiro atoms. The first-order chi connectivity index (χ1) is 16.8. The minimum Gasteiger partial charge on any atom is -0.457 e. The van der Waals surface area contributed by atoms with Gasteiger partial charge in [-0.1, -0.05) is 78.1 Å². The molecule has 3 aromatic rings. The summed E-state index contributed by atoms with van der Waals surface area (Å²) in [6.45, 7) is 11.4. The van der Waals surface area contributed by atoms with Crippen molar-refractivity contribution in [3.8, 4) is 11.5 Å². The highest BCUT2D eigenvalue weighted by molar-refractivity contribution is 6.26. The van der Waals surface area contributed by atoms with Gasteiger partial charge in [0, 0.05) is 28.4 Å². The largest absolute Gasteiger partial charge is 0.457 e. The van der Waals surface area contributed by atoms with Gasteiger partial charge in [-0.2, -0.15) is 0 Å². The first-order valence-corrected chi connectivity index (χ1v) is 13.0. The van der Waals surface area contributed by atoms with E-state index in [1.807, 2.05) is 42.5 Å². The highest BCUT2D eigenvalue weighted by atomic mass is 16.5. The Balaban J connectivity index is 1.66. The van der Waals surface area contributed by atoms with Gasteiger partial charge >= 0.3 is 0 Å². The van der Waals surface area contributed by atoms with Crippen molar-refractivity contribution >= 4 is 22.6 Å². The van der Waals surface area contributed by atoms with Crippen LogP contribution >= 0.6 is 0 Å². The minimum atomic E-state index is -0.202. The SMILES string of the molecule is CCCCC(CC)CN1C(=O)c2cccc3c(Oc4ccc(C(C)(C)CC)cc4)ccc(c23)C1=O. The maximum atomic E-state index is 13.4. The third kappa shape index (κ3) is 4.84. The standard InChI is InChI=1S/C31H37NO3/c1-6-9-11-21(7-2)20-32-29(33)25-13-10-12-24-27(19-18-26(28(24)25)30(32)34)35-23-16-14-22(15-17-23)31(4,5)8-3/h10,12-19,21H,6-9,11,20H2,1-5H3. The zero-order chi connectivity index (χ0) is 25.2. The van der Waals surface area contributed by atoms with Crippen LogP contribution in [0, 0.1) is 5.92 Å². The van der Waals surface area contributed by atoms with Gasteiger partial charge in [0.2, 0.25) is 0 Å². The van der Waals surface area contributed by atoms with Gasteiger partial charge in [0.05, 0.1) is 0 Å². The van der Waals surface area contributed by atoms with Crippen LogP contribution in [0.15, 0.2) is 54.6 Å². The van der Waals surface area contributed by atoms with Crippen LogP contribution in [0.4, 0.5) is 0 Å². The number of amides is 2. The maximum absolute atomic E-state index is 13.4. The molecule has 1 atom stereocenters. The lowest BCUT2D eigenvalue weighted by Gasteiger charge is -2.30. The monoisotopic (exact) mass is 471 g/mol. The van der Waals surface area contributed by atoms with E-state index in [1.54, 1.807) is 0 Å². The molecule has 4 nitrogen and oxygen atoms in total. The highest BCUT2D eigenvalue weighted by Gasteiger charge is 2.34. The summed E-state index contributed by atoms with van der Waals surface area (Å²) in [6.07, 6.45) is 5.26. The molecule has 0 aliphatic carbocycles. The molecule has 1 heterocycles. The molecule has 0 saturated carbocycles. The van der Waals surface area contributed by atoms with Crippen molar-refractivity contribution in [3.05, 3.63) is 71.3 Å². The summed E-state index contributed by atoms with van der Waals surface area (Å²) in [6, 6.07) is 17.5. The maximum Gasteiger partial charge on any atom is 0.261 e. The number of ether oxygens (including phenoxy) is 1. The van der Waals surface area contributed by atoms with Crippen molar-refractivity contribution in [3.63, 3.8) is 0 Å². The highest BCUT2D eigenvalue weighted by Crippen LogP contribution is 2.38. The van der Waals surface area contributed by atoms with Crippen LogP contribution in [-0.2, 0) is 5.41 Å². The van der Waals surface area contributed by atoms with Crippen molar-refractivity contribution in [1.82, 2.24) is 4.90 Å². The smallest absolute Gasteiger partial charge is 0.261 e. The minimum absolute atomic E-state index is 0.110. The fraction of sp³-hybridized carbons (Fsp3) is 0.419. The van der Waals surface area contributed by atoms with Gasteiger partial charge in [-0.3, -0.25) is 14.5 Å². The van der Waals surface area contributed by atoms with Crippen LogP contribution in [-0.4, -0.2) is 23.3 Å². The molecule has 1 unspecified atom stereocenters. The molecule has 35 heavy (non-hydrogen) atoms. The van der Waals surface area contributed by atoms with E-state index in [-0.39, 0.29) is 17.2 Å². The Hall–Kier alpha value is -3.14. The molecule has 4 rings (SSSR count). The van der Waals surface area contributed by atoms with Gasteiger partial charge in [-0.25, -0.2) is 0 Å². The normalized spacial score (nSPS) is 14.5. The Morgan fingerprint density at radius 1 is 0.886 bits per heavy atom. The number of hydrogen-bond donors (Lipinski definition) is 0. The lowest BCUT2D eigenvalue weighted by Crippen LogP contribution is -2.43. The van der Waals surface area contributed by atoms with E-state index in [9.17, 15) is 9.59 Å². The average Bonchev–Trinajstić information content (AvgIpc) is 2.87. The zero-order valence-corrected chi connectivity index (χ0v) is 21.7. The lowest BCUT2D eigenvalue weighted by atomic mass is 9.82. The summed E-state index contributed by atoms with van der Waals surface area (Å²) in [5.41, 5.74) is 2.53. The van der Waals surface area contributed by atoms with E-state index in [2.05, 4.69) is 46.8 Å². The van der Waals surface area contributed by atoms with E-state index in [1.165, 1.54) is 10.5 Å². The molecular formula is C31H37NO3. The summed E-state index contributed by atoms with van der Waals surface area (Å²) in [7, 11) is 0. The van der Waals surface area contributed by atoms with Gasteiger partial charge in [0.25, 0.3) is 11.8 Å². The number of imide groups is 1. The summed E-state index contributed by atoms with van der Waals surface area (Å²) >= 11 is 0. The van der Waals surface area contributed by atoms with E-state index < -0.39 is 0 Å². The quantitative estimate of drug-likeness (QED) is 0.280. The van der Waals surface area contributed by atoms with E-state index in [0.29, 0.717) is 34.7 Å².